The number of aliphatic hydroxyl groups excluding tert-OH is 1. The minimum Gasteiger partial charge on any atom is -0.389 e. The Hall–Kier alpha value is -0.770. The fraction of sp³-hybridized carbons (Fsp3) is 0.600. The van der Waals surface area contributed by atoms with E-state index < -0.39 is 6.10 Å². The minimum atomic E-state index is -0.489. The summed E-state index contributed by atoms with van der Waals surface area (Å²) >= 11 is 6.35. The van der Waals surface area contributed by atoms with E-state index in [-0.39, 0.29) is 5.60 Å². The van der Waals surface area contributed by atoms with Crippen LogP contribution in [-0.2, 0) is 4.74 Å². The third-order valence-corrected chi connectivity index (χ3v) is 4.25. The number of halogens is 1. The number of hydrogen-bond donors (Lipinski definition) is 1. The van der Waals surface area contributed by atoms with Crippen molar-refractivity contribution in [3.8, 4) is 0 Å². The van der Waals surface area contributed by atoms with Crippen LogP contribution in [0.2, 0.25) is 5.02 Å². The van der Waals surface area contributed by atoms with Gasteiger partial charge in [0.1, 0.15) is 0 Å². The van der Waals surface area contributed by atoms with Gasteiger partial charge in [-0.25, -0.2) is 0 Å². The summed E-state index contributed by atoms with van der Waals surface area (Å²) in [5.74, 6) is 0. The Balaban J connectivity index is 2.22. The molecule has 0 saturated carbocycles. The van der Waals surface area contributed by atoms with E-state index in [2.05, 4.69) is 11.8 Å². The van der Waals surface area contributed by atoms with Crippen molar-refractivity contribution < 1.29 is 9.84 Å². The zero-order valence-corrected chi connectivity index (χ0v) is 12.6. The van der Waals surface area contributed by atoms with Crippen LogP contribution in [0.25, 0.3) is 0 Å². The first-order chi connectivity index (χ1) is 8.95. The van der Waals surface area contributed by atoms with Crippen LogP contribution in [-0.4, -0.2) is 30.9 Å². The van der Waals surface area contributed by atoms with Gasteiger partial charge in [-0.15, -0.1) is 0 Å². The molecule has 1 N–H and O–H groups in total. The number of aliphatic hydroxyl groups is 1. The standard InChI is InChI=1S/C15H22ClNO2/c1-11(18)12-5-6-14(13(16)9-12)17-8-4-7-15(2,10-17)19-3/h5-6,9,11,18H,4,7-8,10H2,1-3H3/t11-,15?/m0/s1. The van der Waals surface area contributed by atoms with Crippen molar-refractivity contribution in [1.29, 1.82) is 0 Å². The zero-order valence-electron chi connectivity index (χ0n) is 11.8. The molecular formula is C15H22ClNO2. The lowest BCUT2D eigenvalue weighted by Gasteiger charge is -2.41. The maximum atomic E-state index is 9.58. The number of anilines is 1. The van der Waals surface area contributed by atoms with Crippen molar-refractivity contribution in [3.63, 3.8) is 0 Å². The lowest BCUT2D eigenvalue weighted by atomic mass is 9.94. The number of hydrogen-bond acceptors (Lipinski definition) is 3. The molecule has 1 aliphatic rings. The predicted molar refractivity (Wildman–Crippen MR) is 78.9 cm³/mol. The Kier molecular flexibility index (Phi) is 4.39. The van der Waals surface area contributed by atoms with Gasteiger partial charge in [-0.1, -0.05) is 17.7 Å². The summed E-state index contributed by atoms with van der Waals surface area (Å²) in [7, 11) is 1.77. The van der Waals surface area contributed by atoms with Gasteiger partial charge in [0.2, 0.25) is 0 Å². The summed E-state index contributed by atoms with van der Waals surface area (Å²) < 4.78 is 5.61. The molecule has 0 amide bonds. The third kappa shape index (κ3) is 3.22. The van der Waals surface area contributed by atoms with Gasteiger partial charge in [0.15, 0.2) is 0 Å². The Morgan fingerprint density at radius 2 is 2.21 bits per heavy atom. The maximum absolute atomic E-state index is 9.58. The molecule has 1 saturated heterocycles. The normalized spacial score (nSPS) is 25.4. The lowest BCUT2D eigenvalue weighted by Crippen LogP contribution is -2.47. The summed E-state index contributed by atoms with van der Waals surface area (Å²) in [6.45, 7) is 5.72. The maximum Gasteiger partial charge on any atom is 0.0825 e. The van der Waals surface area contributed by atoms with Crippen LogP contribution in [0.5, 0.6) is 0 Å². The molecule has 1 unspecified atom stereocenters. The molecule has 0 bridgehead atoms. The molecule has 1 aromatic rings. The molecule has 0 aromatic heterocycles. The van der Waals surface area contributed by atoms with E-state index in [1.807, 2.05) is 18.2 Å². The molecule has 1 aromatic carbocycles. The summed E-state index contributed by atoms with van der Waals surface area (Å²) in [5.41, 5.74) is 1.76. The van der Waals surface area contributed by atoms with Crippen LogP contribution in [0.4, 0.5) is 5.69 Å². The fourth-order valence-corrected chi connectivity index (χ4v) is 2.93. The van der Waals surface area contributed by atoms with Gasteiger partial charge >= 0.3 is 0 Å². The topological polar surface area (TPSA) is 32.7 Å². The smallest absolute Gasteiger partial charge is 0.0825 e. The van der Waals surface area contributed by atoms with Gasteiger partial charge in [-0.3, -0.25) is 0 Å². The number of piperidine rings is 1. The highest BCUT2D eigenvalue weighted by molar-refractivity contribution is 6.33. The Morgan fingerprint density at radius 1 is 1.47 bits per heavy atom. The van der Waals surface area contributed by atoms with Gasteiger partial charge in [0.05, 0.1) is 22.4 Å². The van der Waals surface area contributed by atoms with Gasteiger partial charge in [-0.2, -0.15) is 0 Å². The summed E-state index contributed by atoms with van der Waals surface area (Å²) in [5, 5.41) is 10.3. The molecule has 1 heterocycles. The number of methoxy groups -OCH3 is 1. The molecule has 0 aliphatic carbocycles. The van der Waals surface area contributed by atoms with E-state index in [0.29, 0.717) is 5.02 Å². The SMILES string of the molecule is COC1(C)CCCN(c2ccc([C@H](C)O)cc2Cl)C1. The predicted octanol–water partition coefficient (Wildman–Crippen LogP) is 3.40. The Morgan fingerprint density at radius 3 is 2.79 bits per heavy atom. The molecule has 4 heteroatoms. The number of rotatable bonds is 3. The summed E-state index contributed by atoms with van der Waals surface area (Å²) in [4.78, 5) is 2.27. The van der Waals surface area contributed by atoms with Crippen molar-refractivity contribution in [1.82, 2.24) is 0 Å². The largest absolute Gasteiger partial charge is 0.389 e. The van der Waals surface area contributed by atoms with E-state index >= 15 is 0 Å². The number of nitrogens with zero attached hydrogens (tertiary/aromatic N) is 1. The van der Waals surface area contributed by atoms with Gasteiger partial charge in [0, 0.05) is 20.2 Å². The van der Waals surface area contributed by atoms with Crippen LogP contribution >= 0.6 is 11.6 Å². The van der Waals surface area contributed by atoms with Gasteiger partial charge in [-0.05, 0) is 44.4 Å². The molecule has 1 aliphatic heterocycles. The molecular weight excluding hydrogens is 262 g/mol. The molecule has 0 spiro atoms. The fourth-order valence-electron chi connectivity index (χ4n) is 2.62. The second-order valence-corrected chi connectivity index (χ2v) is 5.97. The van der Waals surface area contributed by atoms with E-state index in [0.717, 1.165) is 37.2 Å². The number of benzene rings is 1. The van der Waals surface area contributed by atoms with E-state index in [1.165, 1.54) is 0 Å². The lowest BCUT2D eigenvalue weighted by molar-refractivity contribution is -0.00465. The first-order valence-electron chi connectivity index (χ1n) is 6.73. The van der Waals surface area contributed by atoms with Crippen LogP contribution < -0.4 is 4.90 Å². The van der Waals surface area contributed by atoms with E-state index in [4.69, 9.17) is 16.3 Å². The van der Waals surface area contributed by atoms with Crippen molar-refractivity contribution in [3.05, 3.63) is 28.8 Å². The van der Waals surface area contributed by atoms with E-state index in [1.54, 1.807) is 14.0 Å². The molecule has 106 valence electrons. The monoisotopic (exact) mass is 283 g/mol. The average molecular weight is 284 g/mol. The van der Waals surface area contributed by atoms with Crippen LogP contribution in [0, 0.1) is 0 Å². The van der Waals surface area contributed by atoms with Crippen molar-refractivity contribution in [2.75, 3.05) is 25.1 Å². The molecule has 1 fully saturated rings. The Bertz CT molecular complexity index is 450. The molecule has 19 heavy (non-hydrogen) atoms. The van der Waals surface area contributed by atoms with Gasteiger partial charge < -0.3 is 14.7 Å². The molecule has 3 nitrogen and oxygen atoms in total. The molecule has 2 rings (SSSR count). The minimum absolute atomic E-state index is 0.107. The van der Waals surface area contributed by atoms with Crippen LogP contribution in [0.3, 0.4) is 0 Å². The zero-order chi connectivity index (χ0) is 14.0. The highest BCUT2D eigenvalue weighted by Gasteiger charge is 2.31. The van der Waals surface area contributed by atoms with Crippen LogP contribution in [0.15, 0.2) is 18.2 Å². The highest BCUT2D eigenvalue weighted by Crippen LogP contribution is 2.33. The average Bonchev–Trinajstić information content (AvgIpc) is 2.38. The van der Waals surface area contributed by atoms with Crippen molar-refractivity contribution in [2.45, 2.75) is 38.4 Å². The summed E-state index contributed by atoms with van der Waals surface area (Å²) in [6, 6.07) is 5.77. The molecule has 0 radical (unpaired) electrons. The second kappa shape index (κ2) is 5.70. The van der Waals surface area contributed by atoms with Crippen molar-refractivity contribution in [2.24, 2.45) is 0 Å². The molecule has 2 atom stereocenters. The Labute approximate surface area is 120 Å². The summed E-state index contributed by atoms with van der Waals surface area (Å²) in [6.07, 6.45) is 1.68. The second-order valence-electron chi connectivity index (χ2n) is 5.57. The highest BCUT2D eigenvalue weighted by atomic mass is 35.5. The first kappa shape index (κ1) is 14.6. The quantitative estimate of drug-likeness (QED) is 0.923. The van der Waals surface area contributed by atoms with E-state index in [9.17, 15) is 5.11 Å². The first-order valence-corrected chi connectivity index (χ1v) is 7.10. The van der Waals surface area contributed by atoms with Gasteiger partial charge in [0.25, 0.3) is 0 Å². The van der Waals surface area contributed by atoms with Crippen LogP contribution in [0.1, 0.15) is 38.4 Å². The third-order valence-electron chi connectivity index (χ3n) is 3.95. The van der Waals surface area contributed by atoms with Crippen molar-refractivity contribution >= 4 is 17.3 Å². The number of ether oxygens (including phenoxy) is 1.